The van der Waals surface area contributed by atoms with Crippen LogP contribution < -0.4 is 14.8 Å². The highest BCUT2D eigenvalue weighted by molar-refractivity contribution is 6.03. The molecule has 16 heteroatoms. The van der Waals surface area contributed by atoms with E-state index in [4.69, 9.17) is 28.9 Å². The Labute approximate surface area is 408 Å². The molecule has 2 aromatic rings. The number of nitro benzene ring substituents is 1. The fourth-order valence-corrected chi connectivity index (χ4v) is 10.4. The van der Waals surface area contributed by atoms with Gasteiger partial charge >= 0.3 is 6.09 Å². The summed E-state index contributed by atoms with van der Waals surface area (Å²) in [5.74, 6) is -1.78. The van der Waals surface area contributed by atoms with Crippen LogP contribution >= 0.6 is 0 Å². The topological polar surface area (TPSA) is 212 Å². The fourth-order valence-electron chi connectivity index (χ4n) is 10.4. The number of hydrogen-bond donors (Lipinski definition) is 4. The molecular formula is C53H78N4O12. The SMILES string of the molecule is C=CCO[C@@]12Oc3ccc(OC(=O)NCC)cc3[C@H]3[C@H](CCCCO)[C@@H](CCCCO)C=C(C(=NOCc4ccc([N+](=O)[O-])cc4)C[C@@H]1N(CCOCCO)C(=O)CCCCCCCCCCC)[C@H]32. The number of non-ortho nitro benzene ring substituents is 1. The molecule has 1 saturated carbocycles. The van der Waals surface area contributed by atoms with Crippen LogP contribution in [-0.4, -0.2) is 107 Å². The maximum Gasteiger partial charge on any atom is 0.412 e. The van der Waals surface area contributed by atoms with Gasteiger partial charge in [0.2, 0.25) is 11.7 Å². The molecule has 2 aliphatic carbocycles. The first-order valence-electron chi connectivity index (χ1n) is 25.5. The molecule has 0 radical (unpaired) electrons. The highest BCUT2D eigenvalue weighted by atomic mass is 16.7. The Balaban J connectivity index is 1.68. The van der Waals surface area contributed by atoms with E-state index in [1.165, 1.54) is 44.2 Å². The van der Waals surface area contributed by atoms with Gasteiger partial charge in [-0.05, 0) is 92.3 Å². The van der Waals surface area contributed by atoms with E-state index in [0.717, 1.165) is 56.1 Å². The third-order valence-electron chi connectivity index (χ3n) is 13.6. The number of aliphatic hydroxyl groups excluding tert-OH is 3. The van der Waals surface area contributed by atoms with E-state index >= 15 is 0 Å². The predicted molar refractivity (Wildman–Crippen MR) is 264 cm³/mol. The number of benzene rings is 2. The van der Waals surface area contributed by atoms with Gasteiger partial charge < -0.3 is 49.3 Å². The quantitative estimate of drug-likeness (QED) is 0.0228. The lowest BCUT2D eigenvalue weighted by atomic mass is 9.55. The van der Waals surface area contributed by atoms with Gasteiger partial charge in [0.05, 0.1) is 43.0 Å². The van der Waals surface area contributed by atoms with Gasteiger partial charge in [-0.1, -0.05) is 88.4 Å². The summed E-state index contributed by atoms with van der Waals surface area (Å²) < 4.78 is 26.1. The standard InChI is InChI=1S/C53H78N4O12/c1-4-7-8-9-10-11-12-13-14-21-49(61)56(28-33-65-34-31-60)48-37-46(55-67-38-39-22-24-41(25-23-39)57(63)64)44-35-40(19-15-17-29-58)43(20-16-18-30-59)50-45-36-42(68-52(62)54-6-3)26-27-47(45)69-53(48,51(44)50)66-32-5-2/h5,22-27,35-36,40,43,48,50-51,58-60H,2,4,6-21,28-34,37-38H2,1,3H3,(H,54,62)/t40-,43+,48-,50+,51+,53+/m0/s1. The maximum atomic E-state index is 15.0. The third-order valence-corrected chi connectivity index (χ3v) is 13.6. The number of hydrogen-bond acceptors (Lipinski definition) is 13. The van der Waals surface area contributed by atoms with Crippen LogP contribution in [0.25, 0.3) is 0 Å². The molecule has 382 valence electrons. The zero-order chi connectivity index (χ0) is 49.4. The van der Waals surface area contributed by atoms with Crippen molar-refractivity contribution in [2.45, 2.75) is 147 Å². The highest BCUT2D eigenvalue weighted by Gasteiger charge is 2.65. The summed E-state index contributed by atoms with van der Waals surface area (Å²) in [7, 11) is 0. The first kappa shape index (κ1) is 55.1. The lowest BCUT2D eigenvalue weighted by Crippen LogP contribution is -2.70. The average Bonchev–Trinajstić information content (AvgIpc) is 3.34. The maximum absolute atomic E-state index is 15.0. The summed E-state index contributed by atoms with van der Waals surface area (Å²) in [5.41, 5.74) is 2.87. The second-order valence-electron chi connectivity index (χ2n) is 18.4. The van der Waals surface area contributed by atoms with E-state index in [1.807, 2.05) is 17.9 Å². The molecule has 0 bridgehead atoms. The fraction of sp³-hybridized carbons (Fsp3) is 0.642. The number of rotatable bonds is 33. The van der Waals surface area contributed by atoms with Gasteiger partial charge in [-0.25, -0.2) is 4.79 Å². The smallest absolute Gasteiger partial charge is 0.412 e. The first-order valence-corrected chi connectivity index (χ1v) is 25.5. The molecule has 1 aliphatic heterocycles. The zero-order valence-corrected chi connectivity index (χ0v) is 41.0. The summed E-state index contributed by atoms with van der Waals surface area (Å²) in [5, 5.41) is 48.6. The Morgan fingerprint density at radius 2 is 1.64 bits per heavy atom. The summed E-state index contributed by atoms with van der Waals surface area (Å²) in [4.78, 5) is 46.8. The van der Waals surface area contributed by atoms with E-state index in [1.54, 1.807) is 30.3 Å². The Morgan fingerprint density at radius 3 is 2.30 bits per heavy atom. The van der Waals surface area contributed by atoms with Crippen molar-refractivity contribution in [3.63, 3.8) is 0 Å². The molecule has 1 fully saturated rings. The van der Waals surface area contributed by atoms with Crippen LogP contribution in [0, 0.1) is 27.9 Å². The molecule has 4 N–H and O–H groups in total. The van der Waals surface area contributed by atoms with Gasteiger partial charge in [-0.15, -0.1) is 6.58 Å². The molecule has 2 amide bonds. The number of nitrogens with zero attached hydrogens (tertiary/aromatic N) is 3. The Morgan fingerprint density at radius 1 is 0.928 bits per heavy atom. The van der Waals surface area contributed by atoms with Gasteiger partial charge in [0, 0.05) is 62.8 Å². The Bertz CT molecular complexity index is 1980. The molecule has 2 aromatic carbocycles. The second kappa shape index (κ2) is 29.3. The minimum atomic E-state index is -1.51. The summed E-state index contributed by atoms with van der Waals surface area (Å²) in [6.07, 6.45) is 17.8. The van der Waals surface area contributed by atoms with Crippen molar-refractivity contribution < 1.29 is 53.6 Å². The number of allylic oxidation sites excluding steroid dienone is 1. The number of nitrogens with one attached hydrogen (secondary N) is 1. The van der Waals surface area contributed by atoms with E-state index in [9.17, 15) is 35.0 Å². The molecule has 1 heterocycles. The van der Waals surface area contributed by atoms with Crippen molar-refractivity contribution in [3.05, 3.63) is 88.0 Å². The normalized spacial score (nSPS) is 21.9. The molecule has 0 saturated heterocycles. The first-order chi connectivity index (χ1) is 33.7. The van der Waals surface area contributed by atoms with E-state index < -0.39 is 28.8 Å². The Kier molecular flexibility index (Phi) is 23.4. The number of unbranched alkanes of at least 4 members (excludes halogenated alkanes) is 10. The number of carbonyl (C=O) groups is 2. The monoisotopic (exact) mass is 963 g/mol. The van der Waals surface area contributed by atoms with Crippen LogP contribution in [0.4, 0.5) is 10.5 Å². The van der Waals surface area contributed by atoms with Crippen molar-refractivity contribution in [2.75, 3.05) is 52.7 Å². The summed E-state index contributed by atoms with van der Waals surface area (Å²) in [6.45, 7) is 8.87. The predicted octanol–water partition coefficient (Wildman–Crippen LogP) is 9.30. The number of ether oxygens (including phenoxy) is 4. The lowest BCUT2D eigenvalue weighted by Gasteiger charge is -2.60. The summed E-state index contributed by atoms with van der Waals surface area (Å²) >= 11 is 0. The van der Waals surface area contributed by atoms with Crippen molar-refractivity contribution in [2.24, 2.45) is 22.9 Å². The number of oxime groups is 1. The van der Waals surface area contributed by atoms with Gasteiger partial charge in [0.15, 0.2) is 0 Å². The molecule has 5 rings (SSSR count). The van der Waals surface area contributed by atoms with Crippen molar-refractivity contribution >= 4 is 23.4 Å². The molecule has 0 unspecified atom stereocenters. The third kappa shape index (κ3) is 15.3. The van der Waals surface area contributed by atoms with Gasteiger partial charge in [-0.2, -0.15) is 0 Å². The van der Waals surface area contributed by atoms with Crippen LogP contribution in [0.3, 0.4) is 0 Å². The molecule has 3 aliphatic rings. The molecular weight excluding hydrogens is 885 g/mol. The Hall–Kier alpha value is -4.87. The van der Waals surface area contributed by atoms with Gasteiger partial charge in [0.25, 0.3) is 5.69 Å². The van der Waals surface area contributed by atoms with Crippen LogP contribution in [-0.2, 0) is 25.7 Å². The molecule has 0 aromatic heterocycles. The minimum Gasteiger partial charge on any atom is -0.459 e. The number of fused-ring (bicyclic) bond motifs is 2. The minimum absolute atomic E-state index is 0.0193. The second-order valence-corrected chi connectivity index (χ2v) is 18.4. The van der Waals surface area contributed by atoms with Crippen LogP contribution in [0.5, 0.6) is 11.5 Å². The number of carbonyl (C=O) groups excluding carboxylic acids is 2. The van der Waals surface area contributed by atoms with Crippen LogP contribution in [0.2, 0.25) is 0 Å². The molecule has 0 spiro atoms. The van der Waals surface area contributed by atoms with Crippen molar-refractivity contribution in [3.8, 4) is 11.5 Å². The number of aliphatic hydroxyl groups is 3. The lowest BCUT2D eigenvalue weighted by molar-refractivity contribution is -0.384. The van der Waals surface area contributed by atoms with Crippen LogP contribution in [0.15, 0.2) is 71.9 Å². The van der Waals surface area contributed by atoms with Crippen molar-refractivity contribution in [1.29, 1.82) is 0 Å². The van der Waals surface area contributed by atoms with Crippen molar-refractivity contribution in [1.82, 2.24) is 10.2 Å². The number of nitro groups is 1. The largest absolute Gasteiger partial charge is 0.459 e. The molecule has 16 nitrogen and oxygen atoms in total. The molecule has 6 atom stereocenters. The van der Waals surface area contributed by atoms with Gasteiger partial charge in [0.1, 0.15) is 24.1 Å². The van der Waals surface area contributed by atoms with Crippen LogP contribution in [0.1, 0.15) is 140 Å². The molecule has 69 heavy (non-hydrogen) atoms. The van der Waals surface area contributed by atoms with Gasteiger partial charge in [-0.3, -0.25) is 14.9 Å². The summed E-state index contributed by atoms with van der Waals surface area (Å²) in [6, 6.07) is 10.7. The van der Waals surface area contributed by atoms with E-state index in [2.05, 4.69) is 24.9 Å². The highest BCUT2D eigenvalue weighted by Crippen LogP contribution is 2.62. The van der Waals surface area contributed by atoms with E-state index in [-0.39, 0.29) is 95.0 Å². The van der Waals surface area contributed by atoms with E-state index in [0.29, 0.717) is 48.6 Å². The number of amides is 2. The average molecular weight is 963 g/mol. The zero-order valence-electron chi connectivity index (χ0n) is 41.0.